The third-order valence-corrected chi connectivity index (χ3v) is 2.53. The first-order chi connectivity index (χ1) is 9.74. The summed E-state index contributed by atoms with van der Waals surface area (Å²) in [6.45, 7) is 0. The SMILES string of the molecule is N#Cc1cc(-n2nc(C(F)(F)F)cc2C(=O)O)ccc1F. The average molecular weight is 299 g/mol. The van der Waals surface area contributed by atoms with Crippen LogP contribution in [0.4, 0.5) is 17.6 Å². The lowest BCUT2D eigenvalue weighted by molar-refractivity contribution is -0.141. The Hall–Kier alpha value is -2.89. The molecular weight excluding hydrogens is 294 g/mol. The van der Waals surface area contributed by atoms with E-state index in [-0.39, 0.29) is 5.69 Å². The predicted molar refractivity (Wildman–Crippen MR) is 60.2 cm³/mol. The van der Waals surface area contributed by atoms with Crippen LogP contribution in [0.2, 0.25) is 0 Å². The topological polar surface area (TPSA) is 78.9 Å². The molecule has 21 heavy (non-hydrogen) atoms. The van der Waals surface area contributed by atoms with Gasteiger partial charge in [-0.25, -0.2) is 13.9 Å². The molecule has 1 aromatic carbocycles. The van der Waals surface area contributed by atoms with Crippen LogP contribution in [0.25, 0.3) is 5.69 Å². The number of benzene rings is 1. The van der Waals surface area contributed by atoms with Crippen molar-refractivity contribution in [2.75, 3.05) is 0 Å². The summed E-state index contributed by atoms with van der Waals surface area (Å²) in [6, 6.07) is 4.64. The molecule has 2 rings (SSSR count). The highest BCUT2D eigenvalue weighted by Crippen LogP contribution is 2.29. The van der Waals surface area contributed by atoms with E-state index in [1.165, 1.54) is 6.07 Å². The molecular formula is C12H5F4N3O2. The summed E-state index contributed by atoms with van der Waals surface area (Å²) >= 11 is 0. The van der Waals surface area contributed by atoms with Crippen LogP contribution in [0.3, 0.4) is 0 Å². The molecule has 0 spiro atoms. The first-order valence-electron chi connectivity index (χ1n) is 5.34. The molecule has 0 radical (unpaired) electrons. The van der Waals surface area contributed by atoms with Crippen molar-refractivity contribution in [3.8, 4) is 11.8 Å². The molecule has 0 aliphatic carbocycles. The number of carboxylic acid groups (broad SMARTS) is 1. The molecule has 108 valence electrons. The van der Waals surface area contributed by atoms with Crippen LogP contribution in [-0.4, -0.2) is 20.9 Å². The summed E-state index contributed by atoms with van der Waals surface area (Å²) in [5, 5.41) is 20.8. The van der Waals surface area contributed by atoms with E-state index in [4.69, 9.17) is 10.4 Å². The van der Waals surface area contributed by atoms with Crippen molar-refractivity contribution in [1.29, 1.82) is 5.26 Å². The lowest BCUT2D eigenvalue weighted by atomic mass is 10.2. The third kappa shape index (κ3) is 2.69. The smallest absolute Gasteiger partial charge is 0.435 e. The molecule has 0 aliphatic heterocycles. The highest BCUT2D eigenvalue weighted by Gasteiger charge is 2.36. The summed E-state index contributed by atoms with van der Waals surface area (Å²) in [6.07, 6.45) is -4.83. The summed E-state index contributed by atoms with van der Waals surface area (Å²) in [4.78, 5) is 11.0. The molecule has 5 nitrogen and oxygen atoms in total. The molecule has 9 heteroatoms. The van der Waals surface area contributed by atoms with Crippen LogP contribution in [0.15, 0.2) is 24.3 Å². The number of nitrogens with zero attached hydrogens (tertiary/aromatic N) is 3. The Kier molecular flexibility index (Phi) is 3.39. The fourth-order valence-electron chi connectivity index (χ4n) is 1.60. The van der Waals surface area contributed by atoms with Gasteiger partial charge in [-0.1, -0.05) is 0 Å². The maximum absolute atomic E-state index is 13.2. The van der Waals surface area contributed by atoms with E-state index in [0.29, 0.717) is 10.7 Å². The van der Waals surface area contributed by atoms with Gasteiger partial charge in [0.15, 0.2) is 11.4 Å². The molecule has 1 aromatic heterocycles. The highest BCUT2D eigenvalue weighted by atomic mass is 19.4. The van der Waals surface area contributed by atoms with Crippen LogP contribution in [0.5, 0.6) is 0 Å². The van der Waals surface area contributed by atoms with Gasteiger partial charge >= 0.3 is 12.1 Å². The molecule has 0 amide bonds. The maximum Gasteiger partial charge on any atom is 0.435 e. The van der Waals surface area contributed by atoms with Gasteiger partial charge in [0.2, 0.25) is 0 Å². The molecule has 0 fully saturated rings. The van der Waals surface area contributed by atoms with Crippen LogP contribution in [0, 0.1) is 17.1 Å². The number of rotatable bonds is 2. The van der Waals surface area contributed by atoms with E-state index >= 15 is 0 Å². The zero-order valence-electron chi connectivity index (χ0n) is 10.0. The van der Waals surface area contributed by atoms with Gasteiger partial charge in [-0.3, -0.25) is 0 Å². The van der Waals surface area contributed by atoms with Gasteiger partial charge in [-0.15, -0.1) is 0 Å². The Morgan fingerprint density at radius 2 is 2.00 bits per heavy atom. The van der Waals surface area contributed by atoms with Crippen molar-refractivity contribution in [2.24, 2.45) is 0 Å². The number of halogens is 4. The molecule has 2 aromatic rings. The zero-order valence-corrected chi connectivity index (χ0v) is 10.0. The number of nitriles is 1. The van der Waals surface area contributed by atoms with E-state index in [1.54, 1.807) is 0 Å². The van der Waals surface area contributed by atoms with Crippen molar-refractivity contribution in [3.05, 3.63) is 47.0 Å². The highest BCUT2D eigenvalue weighted by molar-refractivity contribution is 5.86. The lowest BCUT2D eigenvalue weighted by Gasteiger charge is -2.05. The average Bonchev–Trinajstić information content (AvgIpc) is 2.84. The van der Waals surface area contributed by atoms with Gasteiger partial charge in [-0.2, -0.15) is 23.5 Å². The van der Waals surface area contributed by atoms with Crippen LogP contribution in [-0.2, 0) is 6.18 Å². The molecule has 1 heterocycles. The first kappa shape index (κ1) is 14.5. The molecule has 0 aliphatic rings. The van der Waals surface area contributed by atoms with E-state index in [2.05, 4.69) is 5.10 Å². The number of carboxylic acids is 1. The summed E-state index contributed by atoms with van der Waals surface area (Å²) in [7, 11) is 0. The van der Waals surface area contributed by atoms with E-state index in [0.717, 1.165) is 18.2 Å². The number of alkyl halides is 3. The largest absolute Gasteiger partial charge is 0.477 e. The minimum atomic E-state index is -4.83. The number of hydrogen-bond acceptors (Lipinski definition) is 3. The van der Waals surface area contributed by atoms with Gasteiger partial charge < -0.3 is 5.11 Å². The number of carbonyl (C=O) groups is 1. The summed E-state index contributed by atoms with van der Waals surface area (Å²) in [5.74, 6) is -2.51. The Balaban J connectivity index is 2.66. The minimum Gasteiger partial charge on any atom is -0.477 e. The van der Waals surface area contributed by atoms with Gasteiger partial charge in [0.1, 0.15) is 11.9 Å². The Morgan fingerprint density at radius 1 is 1.33 bits per heavy atom. The Morgan fingerprint density at radius 3 is 2.52 bits per heavy atom. The molecule has 0 bridgehead atoms. The third-order valence-electron chi connectivity index (χ3n) is 2.53. The van der Waals surface area contributed by atoms with E-state index < -0.39 is 34.9 Å². The monoisotopic (exact) mass is 299 g/mol. The van der Waals surface area contributed by atoms with Gasteiger partial charge in [0, 0.05) is 6.07 Å². The van der Waals surface area contributed by atoms with E-state index in [9.17, 15) is 22.4 Å². The van der Waals surface area contributed by atoms with Crippen molar-refractivity contribution in [1.82, 2.24) is 9.78 Å². The van der Waals surface area contributed by atoms with Gasteiger partial charge in [0.05, 0.1) is 11.3 Å². The quantitative estimate of drug-likeness (QED) is 0.864. The normalized spacial score (nSPS) is 11.2. The second-order valence-electron chi connectivity index (χ2n) is 3.91. The number of hydrogen-bond donors (Lipinski definition) is 1. The van der Waals surface area contributed by atoms with Crippen molar-refractivity contribution in [2.45, 2.75) is 6.18 Å². The van der Waals surface area contributed by atoms with Gasteiger partial charge in [0.25, 0.3) is 0 Å². The number of aromatic carboxylic acids is 1. The van der Waals surface area contributed by atoms with Gasteiger partial charge in [-0.05, 0) is 18.2 Å². The predicted octanol–water partition coefficient (Wildman–Crippen LogP) is 2.60. The van der Waals surface area contributed by atoms with Crippen LogP contribution in [0.1, 0.15) is 21.7 Å². The van der Waals surface area contributed by atoms with Crippen LogP contribution >= 0.6 is 0 Å². The van der Waals surface area contributed by atoms with Crippen molar-refractivity contribution in [3.63, 3.8) is 0 Å². The van der Waals surface area contributed by atoms with Crippen LogP contribution < -0.4 is 0 Å². The zero-order chi connectivity index (χ0) is 15.8. The summed E-state index contributed by atoms with van der Waals surface area (Å²) in [5.41, 5.74) is -2.76. The fourth-order valence-corrected chi connectivity index (χ4v) is 1.60. The molecule has 0 unspecified atom stereocenters. The van der Waals surface area contributed by atoms with Crippen molar-refractivity contribution < 1.29 is 27.5 Å². The Labute approximate surface area is 114 Å². The maximum atomic E-state index is 13.2. The summed E-state index contributed by atoms with van der Waals surface area (Å²) < 4.78 is 51.4. The second-order valence-corrected chi connectivity index (χ2v) is 3.91. The molecule has 1 N–H and O–H groups in total. The Bertz CT molecular complexity index is 759. The minimum absolute atomic E-state index is 0.166. The molecule has 0 atom stereocenters. The first-order valence-corrected chi connectivity index (χ1v) is 5.34. The molecule has 0 saturated heterocycles. The number of aromatic nitrogens is 2. The lowest BCUT2D eigenvalue weighted by Crippen LogP contribution is -2.09. The second kappa shape index (κ2) is 4.90. The standard InChI is InChI=1S/C12H5F4N3O2/c13-8-2-1-7(3-6(8)5-17)19-9(11(20)21)4-10(18-19)12(14,15)16/h1-4H,(H,20,21). The van der Waals surface area contributed by atoms with Crippen molar-refractivity contribution >= 4 is 5.97 Å². The van der Waals surface area contributed by atoms with E-state index in [1.807, 2.05) is 0 Å². The fraction of sp³-hybridized carbons (Fsp3) is 0.0833. The molecule has 0 saturated carbocycles.